The van der Waals surface area contributed by atoms with Crippen molar-refractivity contribution in [3.8, 4) is 0 Å². The van der Waals surface area contributed by atoms with Crippen LogP contribution in [0.1, 0.15) is 31.7 Å². The lowest BCUT2D eigenvalue weighted by molar-refractivity contribution is 0.832. The molecular weight excluding hydrogens is 236 g/mol. The van der Waals surface area contributed by atoms with E-state index >= 15 is 0 Å². The maximum absolute atomic E-state index is 5.84. The highest BCUT2D eigenvalue weighted by Crippen LogP contribution is 2.13. The molecule has 0 bridgehead atoms. The van der Waals surface area contributed by atoms with Gasteiger partial charge in [0.2, 0.25) is 5.96 Å². The molecular formula is C12H17ClN4. The van der Waals surface area contributed by atoms with Crippen LogP contribution in [-0.2, 0) is 0 Å². The second-order valence-corrected chi connectivity index (χ2v) is 4.12. The first-order valence-electron chi connectivity index (χ1n) is 5.55. The topological polar surface area (TPSA) is 76.8 Å². The minimum absolute atomic E-state index is 0.0343. The molecule has 4 N–H and O–H groups in total. The number of halogens is 1. The molecule has 0 aliphatic heterocycles. The van der Waals surface area contributed by atoms with Crippen molar-refractivity contribution in [2.24, 2.45) is 21.7 Å². The van der Waals surface area contributed by atoms with Gasteiger partial charge in [0.05, 0.1) is 5.71 Å². The van der Waals surface area contributed by atoms with E-state index in [1.54, 1.807) is 0 Å². The minimum Gasteiger partial charge on any atom is -0.369 e. The molecule has 0 spiro atoms. The van der Waals surface area contributed by atoms with E-state index in [1.807, 2.05) is 24.3 Å². The zero-order valence-electron chi connectivity index (χ0n) is 9.86. The van der Waals surface area contributed by atoms with Crippen LogP contribution in [0.15, 0.2) is 34.5 Å². The molecule has 17 heavy (non-hydrogen) atoms. The van der Waals surface area contributed by atoms with Crippen LogP contribution in [0.3, 0.4) is 0 Å². The molecule has 4 nitrogen and oxygen atoms in total. The summed E-state index contributed by atoms with van der Waals surface area (Å²) < 4.78 is 0. The maximum Gasteiger partial charge on any atom is 0.211 e. The Hall–Kier alpha value is -1.55. The highest BCUT2D eigenvalue weighted by molar-refractivity contribution is 6.30. The zero-order valence-corrected chi connectivity index (χ0v) is 10.6. The van der Waals surface area contributed by atoms with Gasteiger partial charge < -0.3 is 11.5 Å². The largest absolute Gasteiger partial charge is 0.369 e. The van der Waals surface area contributed by atoms with E-state index in [0.29, 0.717) is 5.02 Å². The quantitative estimate of drug-likeness (QED) is 0.480. The number of hydrogen-bond acceptors (Lipinski definition) is 2. The van der Waals surface area contributed by atoms with Crippen molar-refractivity contribution >= 4 is 23.3 Å². The summed E-state index contributed by atoms with van der Waals surface area (Å²) in [6.07, 6.45) is 2.98. The lowest BCUT2D eigenvalue weighted by Crippen LogP contribution is -2.22. The smallest absolute Gasteiger partial charge is 0.211 e. The molecule has 0 aliphatic carbocycles. The van der Waals surface area contributed by atoms with Gasteiger partial charge in [-0.1, -0.05) is 37.1 Å². The van der Waals surface area contributed by atoms with Gasteiger partial charge in [-0.3, -0.25) is 0 Å². The van der Waals surface area contributed by atoms with E-state index in [-0.39, 0.29) is 5.96 Å². The molecule has 0 radical (unpaired) electrons. The third-order valence-corrected chi connectivity index (χ3v) is 2.48. The number of hydrogen-bond donors (Lipinski definition) is 2. The van der Waals surface area contributed by atoms with Gasteiger partial charge in [0.25, 0.3) is 0 Å². The monoisotopic (exact) mass is 252 g/mol. The van der Waals surface area contributed by atoms with Gasteiger partial charge in [0, 0.05) is 5.02 Å². The Morgan fingerprint density at radius 2 is 1.82 bits per heavy atom. The van der Waals surface area contributed by atoms with Crippen LogP contribution in [0.5, 0.6) is 0 Å². The maximum atomic E-state index is 5.84. The van der Waals surface area contributed by atoms with E-state index in [9.17, 15) is 0 Å². The molecule has 1 aromatic rings. The molecule has 92 valence electrons. The fourth-order valence-electron chi connectivity index (χ4n) is 1.36. The van der Waals surface area contributed by atoms with Gasteiger partial charge in [-0.15, -0.1) is 5.10 Å². The van der Waals surface area contributed by atoms with Crippen LogP contribution >= 0.6 is 11.6 Å². The predicted molar refractivity (Wildman–Crippen MR) is 73.3 cm³/mol. The molecule has 0 fully saturated rings. The number of unbranched alkanes of at least 4 members (excludes halogenated alkanes) is 1. The van der Waals surface area contributed by atoms with Crippen LogP contribution in [-0.4, -0.2) is 11.7 Å². The average molecular weight is 253 g/mol. The summed E-state index contributed by atoms with van der Waals surface area (Å²) in [5, 5.41) is 8.48. The second-order valence-electron chi connectivity index (χ2n) is 3.68. The van der Waals surface area contributed by atoms with Gasteiger partial charge in [-0.25, -0.2) is 0 Å². The Morgan fingerprint density at radius 3 is 2.35 bits per heavy atom. The highest BCUT2D eigenvalue weighted by atomic mass is 35.5. The molecule has 0 saturated carbocycles. The van der Waals surface area contributed by atoms with Crippen LogP contribution in [0, 0.1) is 0 Å². The van der Waals surface area contributed by atoms with E-state index in [1.165, 1.54) is 0 Å². The predicted octanol–water partition coefficient (Wildman–Crippen LogP) is 2.51. The van der Waals surface area contributed by atoms with Crippen LogP contribution in [0.2, 0.25) is 5.02 Å². The third kappa shape index (κ3) is 4.87. The van der Waals surface area contributed by atoms with E-state index < -0.39 is 0 Å². The summed E-state index contributed by atoms with van der Waals surface area (Å²) in [7, 11) is 0. The van der Waals surface area contributed by atoms with Crippen LogP contribution in [0.25, 0.3) is 0 Å². The van der Waals surface area contributed by atoms with Crippen molar-refractivity contribution in [3.63, 3.8) is 0 Å². The number of nitrogens with zero attached hydrogens (tertiary/aromatic N) is 2. The molecule has 1 aromatic carbocycles. The molecule has 0 aliphatic rings. The van der Waals surface area contributed by atoms with Gasteiger partial charge >= 0.3 is 0 Å². The molecule has 0 unspecified atom stereocenters. The molecule has 0 aromatic heterocycles. The first-order chi connectivity index (χ1) is 8.13. The Bertz CT molecular complexity index is 405. The Balaban J connectivity index is 2.93. The van der Waals surface area contributed by atoms with Crippen molar-refractivity contribution in [1.29, 1.82) is 0 Å². The Morgan fingerprint density at radius 1 is 1.18 bits per heavy atom. The summed E-state index contributed by atoms with van der Waals surface area (Å²) in [6, 6.07) is 7.49. The highest BCUT2D eigenvalue weighted by Gasteiger charge is 2.03. The zero-order chi connectivity index (χ0) is 12.7. The van der Waals surface area contributed by atoms with Crippen molar-refractivity contribution < 1.29 is 0 Å². The fraction of sp³-hybridized carbons (Fsp3) is 0.333. The molecule has 1 rings (SSSR count). The first kappa shape index (κ1) is 13.5. The first-order valence-corrected chi connectivity index (χ1v) is 5.92. The molecule has 0 saturated heterocycles. The van der Waals surface area contributed by atoms with Gasteiger partial charge in [-0.05, 0) is 30.5 Å². The lowest BCUT2D eigenvalue weighted by atomic mass is 10.1. The van der Waals surface area contributed by atoms with Gasteiger partial charge in [0.15, 0.2) is 0 Å². The van der Waals surface area contributed by atoms with E-state index in [0.717, 1.165) is 30.5 Å². The average Bonchev–Trinajstić information content (AvgIpc) is 2.30. The summed E-state index contributed by atoms with van der Waals surface area (Å²) in [5.74, 6) is -0.0343. The minimum atomic E-state index is -0.0343. The third-order valence-electron chi connectivity index (χ3n) is 2.23. The van der Waals surface area contributed by atoms with Crippen molar-refractivity contribution in [2.75, 3.05) is 0 Å². The molecule has 0 amide bonds. The van der Waals surface area contributed by atoms with Crippen LogP contribution in [0.4, 0.5) is 0 Å². The Kier molecular flexibility index (Phi) is 5.49. The van der Waals surface area contributed by atoms with Gasteiger partial charge in [-0.2, -0.15) is 5.10 Å². The molecule has 0 atom stereocenters. The lowest BCUT2D eigenvalue weighted by Gasteiger charge is -2.04. The summed E-state index contributed by atoms with van der Waals surface area (Å²) in [6.45, 7) is 2.13. The van der Waals surface area contributed by atoms with E-state index in [2.05, 4.69) is 17.1 Å². The van der Waals surface area contributed by atoms with Crippen molar-refractivity contribution in [2.45, 2.75) is 26.2 Å². The second kappa shape index (κ2) is 6.91. The number of benzene rings is 1. The van der Waals surface area contributed by atoms with Crippen molar-refractivity contribution in [1.82, 2.24) is 0 Å². The standard InChI is InChI=1S/C12H17ClN4/c1-2-3-4-11(16-17-12(14)15)9-5-7-10(13)8-6-9/h5-8H,2-4H2,1H3,(H4,14,15,17)/b16-11-. The van der Waals surface area contributed by atoms with Crippen molar-refractivity contribution in [3.05, 3.63) is 34.9 Å². The normalized spacial score (nSPS) is 11.3. The number of guanidine groups is 1. The Labute approximate surface area is 106 Å². The summed E-state index contributed by atoms with van der Waals surface area (Å²) in [4.78, 5) is 0. The van der Waals surface area contributed by atoms with Gasteiger partial charge in [0.1, 0.15) is 0 Å². The molecule has 5 heteroatoms. The fourth-order valence-corrected chi connectivity index (χ4v) is 1.48. The summed E-state index contributed by atoms with van der Waals surface area (Å²) >= 11 is 5.84. The molecule has 0 heterocycles. The summed E-state index contributed by atoms with van der Waals surface area (Å²) in [5.41, 5.74) is 12.4. The number of nitrogens with two attached hydrogens (primary N) is 2. The van der Waals surface area contributed by atoms with Crippen LogP contribution < -0.4 is 11.5 Å². The number of rotatable bonds is 5. The van der Waals surface area contributed by atoms with E-state index in [4.69, 9.17) is 23.1 Å². The SMILES string of the molecule is CCCC/C(=N/N=C(N)N)c1ccc(Cl)cc1.